The van der Waals surface area contributed by atoms with E-state index in [-0.39, 0.29) is 5.54 Å². The average molecular weight is 270 g/mol. The van der Waals surface area contributed by atoms with Crippen molar-refractivity contribution in [3.8, 4) is 0 Å². The van der Waals surface area contributed by atoms with Gasteiger partial charge >= 0.3 is 0 Å². The largest absolute Gasteiger partial charge is 0.305 e. The van der Waals surface area contributed by atoms with E-state index in [1.165, 1.54) is 5.56 Å². The van der Waals surface area contributed by atoms with Crippen LogP contribution in [0.15, 0.2) is 28.7 Å². The lowest BCUT2D eigenvalue weighted by atomic mass is 9.98. The molecule has 0 saturated carbocycles. The van der Waals surface area contributed by atoms with Gasteiger partial charge in [-0.3, -0.25) is 0 Å². The van der Waals surface area contributed by atoms with Crippen molar-refractivity contribution in [3.63, 3.8) is 0 Å². The summed E-state index contributed by atoms with van der Waals surface area (Å²) < 4.78 is 1.13. The third-order valence-corrected chi connectivity index (χ3v) is 3.39. The van der Waals surface area contributed by atoms with E-state index < -0.39 is 0 Å². The van der Waals surface area contributed by atoms with Gasteiger partial charge in [0.15, 0.2) is 0 Å². The molecule has 1 unspecified atom stereocenters. The van der Waals surface area contributed by atoms with Crippen LogP contribution in [0.5, 0.6) is 0 Å². The van der Waals surface area contributed by atoms with E-state index in [0.717, 1.165) is 10.9 Å². The lowest BCUT2D eigenvalue weighted by Crippen LogP contribution is -2.40. The molecule has 0 spiro atoms. The van der Waals surface area contributed by atoms with E-state index in [4.69, 9.17) is 0 Å². The highest BCUT2D eigenvalue weighted by molar-refractivity contribution is 9.10. The molecule has 0 radical (unpaired) electrons. The van der Waals surface area contributed by atoms with Gasteiger partial charge in [-0.15, -0.1) is 0 Å². The molecule has 15 heavy (non-hydrogen) atoms. The molecule has 1 aromatic rings. The minimum absolute atomic E-state index is 0.201. The van der Waals surface area contributed by atoms with Gasteiger partial charge in [-0.05, 0) is 44.9 Å². The first kappa shape index (κ1) is 12.7. The first-order valence-electron chi connectivity index (χ1n) is 5.48. The van der Waals surface area contributed by atoms with Crippen LogP contribution in [0.1, 0.15) is 45.7 Å². The Hall–Kier alpha value is -0.340. The van der Waals surface area contributed by atoms with Gasteiger partial charge in [-0.25, -0.2) is 0 Å². The summed E-state index contributed by atoms with van der Waals surface area (Å²) in [6, 6.07) is 8.90. The summed E-state index contributed by atoms with van der Waals surface area (Å²) in [5.74, 6) is 0. The quantitative estimate of drug-likeness (QED) is 0.860. The Morgan fingerprint density at radius 1 is 1.27 bits per heavy atom. The van der Waals surface area contributed by atoms with Crippen LogP contribution in [0.25, 0.3) is 0 Å². The second kappa shape index (κ2) is 5.13. The molecule has 1 nitrogen and oxygen atoms in total. The Labute approximate surface area is 101 Å². The number of hydrogen-bond donors (Lipinski definition) is 1. The van der Waals surface area contributed by atoms with Crippen LogP contribution in [-0.4, -0.2) is 5.54 Å². The van der Waals surface area contributed by atoms with Gasteiger partial charge < -0.3 is 5.32 Å². The van der Waals surface area contributed by atoms with Gasteiger partial charge in [0.05, 0.1) is 0 Å². The number of hydrogen-bond acceptors (Lipinski definition) is 1. The number of halogens is 1. The molecular formula is C13H20BrN. The maximum absolute atomic E-state index is 3.63. The topological polar surface area (TPSA) is 12.0 Å². The summed E-state index contributed by atoms with van der Waals surface area (Å²) in [5, 5.41) is 3.63. The Morgan fingerprint density at radius 3 is 2.27 bits per heavy atom. The molecule has 0 aliphatic carbocycles. The predicted molar refractivity (Wildman–Crippen MR) is 70.1 cm³/mol. The molecule has 0 aliphatic rings. The second-order valence-electron chi connectivity index (χ2n) is 4.66. The van der Waals surface area contributed by atoms with Crippen molar-refractivity contribution in [2.75, 3.05) is 0 Å². The normalized spacial score (nSPS) is 13.9. The summed E-state index contributed by atoms with van der Waals surface area (Å²) in [7, 11) is 0. The molecule has 0 heterocycles. The van der Waals surface area contributed by atoms with Crippen molar-refractivity contribution in [1.29, 1.82) is 0 Å². The molecule has 0 aliphatic heterocycles. The Balaban J connectivity index is 2.69. The third kappa shape index (κ3) is 3.96. The summed E-state index contributed by atoms with van der Waals surface area (Å²) in [6.45, 7) is 8.90. The second-order valence-corrected chi connectivity index (χ2v) is 5.57. The van der Waals surface area contributed by atoms with Gasteiger partial charge in [0.25, 0.3) is 0 Å². The van der Waals surface area contributed by atoms with E-state index in [0.29, 0.717) is 6.04 Å². The molecule has 2 heteroatoms. The van der Waals surface area contributed by atoms with Crippen LogP contribution in [0, 0.1) is 0 Å². The molecule has 1 N–H and O–H groups in total. The lowest BCUT2D eigenvalue weighted by Gasteiger charge is -2.29. The van der Waals surface area contributed by atoms with Crippen molar-refractivity contribution in [3.05, 3.63) is 34.3 Å². The van der Waals surface area contributed by atoms with E-state index >= 15 is 0 Å². The fourth-order valence-electron chi connectivity index (χ4n) is 1.52. The van der Waals surface area contributed by atoms with E-state index in [1.54, 1.807) is 0 Å². The minimum Gasteiger partial charge on any atom is -0.305 e. The number of nitrogens with one attached hydrogen (secondary N) is 1. The first-order chi connectivity index (χ1) is 6.94. The van der Waals surface area contributed by atoms with Crippen molar-refractivity contribution in [2.24, 2.45) is 0 Å². The van der Waals surface area contributed by atoms with Crippen LogP contribution in [0.4, 0.5) is 0 Å². The Bertz CT molecular complexity index is 303. The highest BCUT2D eigenvalue weighted by Crippen LogP contribution is 2.20. The summed E-state index contributed by atoms with van der Waals surface area (Å²) in [5.41, 5.74) is 1.53. The van der Waals surface area contributed by atoms with Gasteiger partial charge in [-0.2, -0.15) is 0 Å². The molecule has 0 saturated heterocycles. The molecule has 0 bridgehead atoms. The monoisotopic (exact) mass is 269 g/mol. The van der Waals surface area contributed by atoms with Crippen molar-refractivity contribution < 1.29 is 0 Å². The fraction of sp³-hybridized carbons (Fsp3) is 0.538. The third-order valence-electron chi connectivity index (χ3n) is 2.86. The van der Waals surface area contributed by atoms with Gasteiger partial charge in [-0.1, -0.05) is 35.0 Å². The zero-order chi connectivity index (χ0) is 11.5. The zero-order valence-corrected chi connectivity index (χ0v) is 11.6. The van der Waals surface area contributed by atoms with Crippen LogP contribution in [0.2, 0.25) is 0 Å². The smallest absolute Gasteiger partial charge is 0.0296 e. The predicted octanol–water partition coefficient (Wildman–Crippen LogP) is 4.29. The highest BCUT2D eigenvalue weighted by atomic mass is 79.9. The van der Waals surface area contributed by atoms with E-state index in [1.807, 2.05) is 0 Å². The van der Waals surface area contributed by atoms with Gasteiger partial charge in [0.2, 0.25) is 0 Å². The standard InChI is InChI=1S/C13H20BrN/c1-5-13(3,4)15-10(2)11-6-8-12(14)9-7-11/h6-10,15H,5H2,1-4H3. The van der Waals surface area contributed by atoms with Crippen LogP contribution >= 0.6 is 15.9 Å². The molecule has 1 aromatic carbocycles. The molecule has 0 amide bonds. The molecule has 0 aromatic heterocycles. The lowest BCUT2D eigenvalue weighted by molar-refractivity contribution is 0.337. The molecule has 0 fully saturated rings. The van der Waals surface area contributed by atoms with Crippen molar-refractivity contribution >= 4 is 15.9 Å². The Morgan fingerprint density at radius 2 is 1.80 bits per heavy atom. The maximum atomic E-state index is 3.63. The van der Waals surface area contributed by atoms with E-state index in [9.17, 15) is 0 Å². The molecule has 1 rings (SSSR count). The number of benzene rings is 1. The Kier molecular flexibility index (Phi) is 4.35. The molecular weight excluding hydrogens is 250 g/mol. The van der Waals surface area contributed by atoms with Crippen LogP contribution < -0.4 is 5.32 Å². The van der Waals surface area contributed by atoms with Gasteiger partial charge in [0.1, 0.15) is 0 Å². The van der Waals surface area contributed by atoms with Crippen molar-refractivity contribution in [2.45, 2.75) is 45.7 Å². The summed E-state index contributed by atoms with van der Waals surface area (Å²) >= 11 is 3.45. The van der Waals surface area contributed by atoms with Crippen LogP contribution in [0.3, 0.4) is 0 Å². The number of rotatable bonds is 4. The van der Waals surface area contributed by atoms with Crippen LogP contribution in [-0.2, 0) is 0 Å². The summed E-state index contributed by atoms with van der Waals surface area (Å²) in [4.78, 5) is 0. The maximum Gasteiger partial charge on any atom is 0.0296 e. The zero-order valence-electron chi connectivity index (χ0n) is 9.97. The minimum atomic E-state index is 0.201. The molecule has 1 atom stereocenters. The fourth-order valence-corrected chi connectivity index (χ4v) is 1.79. The first-order valence-corrected chi connectivity index (χ1v) is 6.27. The van der Waals surface area contributed by atoms with Gasteiger partial charge in [0, 0.05) is 16.1 Å². The summed E-state index contributed by atoms with van der Waals surface area (Å²) in [6.07, 6.45) is 1.13. The van der Waals surface area contributed by atoms with E-state index in [2.05, 4.69) is 73.2 Å². The highest BCUT2D eigenvalue weighted by Gasteiger charge is 2.17. The molecule has 84 valence electrons. The van der Waals surface area contributed by atoms with Crippen molar-refractivity contribution in [1.82, 2.24) is 5.32 Å². The average Bonchev–Trinajstić information content (AvgIpc) is 2.18. The SMILES string of the molecule is CCC(C)(C)NC(C)c1ccc(Br)cc1.